The molecule has 2 heterocycles. The van der Waals surface area contributed by atoms with E-state index in [9.17, 15) is 9.59 Å². The van der Waals surface area contributed by atoms with Crippen molar-refractivity contribution in [3.63, 3.8) is 0 Å². The Kier molecular flexibility index (Phi) is 13.0. The van der Waals surface area contributed by atoms with Gasteiger partial charge in [-0.2, -0.15) is 0 Å². The first-order valence-corrected chi connectivity index (χ1v) is 25.3. The van der Waals surface area contributed by atoms with Crippen molar-refractivity contribution in [1.29, 1.82) is 0 Å². The van der Waals surface area contributed by atoms with E-state index in [1.165, 1.54) is 33.6 Å². The third kappa shape index (κ3) is 8.31. The first kappa shape index (κ1) is 41.1. The first-order chi connectivity index (χ1) is 25.0. The van der Waals surface area contributed by atoms with E-state index in [-0.39, 0.29) is 36.2 Å². The predicted octanol–water partition coefficient (Wildman–Crippen LogP) is 11.2. The number of carbonyl (C=O) groups is 2. The summed E-state index contributed by atoms with van der Waals surface area (Å²) in [4.78, 5) is 33.0. The molecular formula is C43H57Cl2N3O4Ru. The van der Waals surface area contributed by atoms with Gasteiger partial charge in [-0.1, -0.05) is 0 Å². The summed E-state index contributed by atoms with van der Waals surface area (Å²) in [5.41, 5.74) is 8.32. The monoisotopic (exact) mass is 851 g/mol. The summed E-state index contributed by atoms with van der Waals surface area (Å²) in [6.45, 7) is 25.3. The molecule has 1 unspecified atom stereocenters. The molecule has 1 atom stereocenters. The molecule has 1 fully saturated rings. The van der Waals surface area contributed by atoms with Crippen LogP contribution in [0.5, 0.6) is 5.75 Å². The average Bonchev–Trinajstić information content (AvgIpc) is 3.55. The van der Waals surface area contributed by atoms with Crippen LogP contribution in [0, 0.1) is 5.92 Å². The zero-order valence-electron chi connectivity index (χ0n) is 33.2. The molecule has 53 heavy (non-hydrogen) atoms. The average molecular weight is 852 g/mol. The van der Waals surface area contributed by atoms with Gasteiger partial charge in [-0.15, -0.1) is 0 Å². The van der Waals surface area contributed by atoms with Gasteiger partial charge in [0, 0.05) is 0 Å². The minimum atomic E-state index is -4.09. The molecule has 2 amide bonds. The number of amides is 2. The Balaban J connectivity index is 1.86. The number of rotatable bonds is 10. The molecule has 0 spiro atoms. The summed E-state index contributed by atoms with van der Waals surface area (Å²) in [6.07, 6.45) is -1.20. The zero-order chi connectivity index (χ0) is 38.9. The molecule has 2 aliphatic rings. The molecule has 2 aliphatic heterocycles. The molecular weight excluding hydrogens is 794 g/mol. The fourth-order valence-electron chi connectivity index (χ4n) is 7.14. The molecule has 0 aliphatic carbocycles. The second kappa shape index (κ2) is 16.8. The number of benzene rings is 3. The van der Waals surface area contributed by atoms with E-state index in [1.807, 2.05) is 37.5 Å². The van der Waals surface area contributed by atoms with E-state index in [4.69, 9.17) is 28.9 Å². The zero-order valence-corrected chi connectivity index (χ0v) is 36.4. The fraction of sp³-hybridized carbons (Fsp3) is 0.488. The molecule has 7 nitrogen and oxygen atoms in total. The van der Waals surface area contributed by atoms with Gasteiger partial charge in [-0.3, -0.25) is 0 Å². The van der Waals surface area contributed by atoms with Gasteiger partial charge in [-0.25, -0.2) is 0 Å². The van der Waals surface area contributed by atoms with Gasteiger partial charge < -0.3 is 0 Å². The number of ether oxygens (including phenoxy) is 2. The van der Waals surface area contributed by atoms with Crippen LogP contribution in [0.15, 0.2) is 54.6 Å². The minimum absolute atomic E-state index is 0.111. The summed E-state index contributed by atoms with van der Waals surface area (Å²) >= 11 is -4.09. The molecule has 3 aromatic carbocycles. The maximum atomic E-state index is 13.6. The first-order valence-electron chi connectivity index (χ1n) is 18.9. The van der Waals surface area contributed by atoms with Gasteiger partial charge in [0.15, 0.2) is 0 Å². The third-order valence-electron chi connectivity index (χ3n) is 9.77. The topological polar surface area (TPSA) is 62.3 Å². The normalized spacial score (nSPS) is 16.7. The number of imide groups is 1. The Morgan fingerprint density at radius 3 is 1.66 bits per heavy atom. The number of halogens is 2. The van der Waals surface area contributed by atoms with Crippen molar-refractivity contribution < 1.29 is 31.0 Å². The summed E-state index contributed by atoms with van der Waals surface area (Å²) < 4.78 is 14.9. The van der Waals surface area contributed by atoms with Crippen LogP contribution < -0.4 is 19.4 Å². The Labute approximate surface area is 327 Å². The molecule has 290 valence electrons. The maximum absolute atomic E-state index is 13.6. The standard InChI is InChI=1S/C27H38N2.C16H19NO4.2ClH.Ru/c1-18(2)22-11-9-12-23(19(3)4)26(22)28-15-16-29(17-28)27-24(20(5)6)13-10-14-25(27)21(7)8;1-5-13-15(18)17(16(19)20-9-10(2)3)12-8-6-7-11(4)14(12)21-13;;;/h9-14,18-21H,15-16H2,1-8H3;4,6-8,10,13H,5,9H2,1-3H3;2*1H;/q;;;;+2/p-2. The van der Waals surface area contributed by atoms with Crippen molar-refractivity contribution in [3.8, 4) is 5.75 Å². The summed E-state index contributed by atoms with van der Waals surface area (Å²) in [5.74, 6) is 1.13. The molecule has 10 heteroatoms. The molecule has 0 N–H and O–H groups in total. The van der Waals surface area contributed by atoms with Crippen LogP contribution in [-0.2, 0) is 21.4 Å². The Hall–Kier alpha value is -3.06. The molecule has 1 saturated heterocycles. The molecule has 0 aromatic heterocycles. The van der Waals surface area contributed by atoms with Crippen molar-refractivity contribution in [2.45, 2.75) is 112 Å². The SMILES string of the molecule is CCC1Oc2c([CH]=[Ru]([Cl])([Cl])=[C]3N(c4c(C(C)C)cccc4C(C)C)CCN3c3c(C(C)C)cccc3C(C)C)cccc2N(C(=O)OCC(C)C)C1=O. The van der Waals surface area contributed by atoms with Crippen molar-refractivity contribution in [2.75, 3.05) is 34.4 Å². The number of fused-ring (bicyclic) bond motifs is 1. The Bertz CT molecular complexity index is 1850. The van der Waals surface area contributed by atoms with Crippen molar-refractivity contribution in [3.05, 3.63) is 82.4 Å². The van der Waals surface area contributed by atoms with Crippen molar-refractivity contribution >= 4 is 57.4 Å². The fourth-order valence-corrected chi connectivity index (χ4v) is 13.2. The van der Waals surface area contributed by atoms with Crippen LogP contribution in [0.1, 0.15) is 134 Å². The van der Waals surface area contributed by atoms with Gasteiger partial charge in [0.05, 0.1) is 0 Å². The summed E-state index contributed by atoms with van der Waals surface area (Å²) in [5, 5.41) is 0. The van der Waals surface area contributed by atoms with E-state index in [0.717, 1.165) is 9.25 Å². The van der Waals surface area contributed by atoms with Crippen LogP contribution in [0.25, 0.3) is 0 Å². The number of hydrogen-bond donors (Lipinski definition) is 0. The summed E-state index contributed by atoms with van der Waals surface area (Å²) in [6, 6.07) is 18.6. The number of hydrogen-bond acceptors (Lipinski definition) is 6. The summed E-state index contributed by atoms with van der Waals surface area (Å²) in [7, 11) is 15.9. The van der Waals surface area contributed by atoms with Gasteiger partial charge >= 0.3 is 329 Å². The Morgan fingerprint density at radius 1 is 0.792 bits per heavy atom. The molecule has 0 saturated carbocycles. The van der Waals surface area contributed by atoms with Gasteiger partial charge in [0.1, 0.15) is 0 Å². The van der Waals surface area contributed by atoms with E-state index >= 15 is 0 Å². The van der Waals surface area contributed by atoms with E-state index in [0.29, 0.717) is 36.5 Å². The second-order valence-corrected chi connectivity index (χ2v) is 24.9. The van der Waals surface area contributed by atoms with E-state index in [1.54, 1.807) is 6.07 Å². The van der Waals surface area contributed by atoms with Crippen LogP contribution in [0.3, 0.4) is 0 Å². The van der Waals surface area contributed by atoms with E-state index in [2.05, 4.69) is 102 Å². The van der Waals surface area contributed by atoms with Gasteiger partial charge in [0.25, 0.3) is 0 Å². The molecule has 0 radical (unpaired) electrons. The quantitative estimate of drug-likeness (QED) is 0.189. The van der Waals surface area contributed by atoms with Crippen LogP contribution >= 0.6 is 19.4 Å². The molecule has 3 aromatic rings. The van der Waals surface area contributed by atoms with Crippen LogP contribution in [0.2, 0.25) is 0 Å². The Morgan fingerprint density at radius 2 is 1.25 bits per heavy atom. The number of nitrogens with zero attached hydrogens (tertiary/aromatic N) is 3. The van der Waals surface area contributed by atoms with E-state index < -0.39 is 30.0 Å². The van der Waals surface area contributed by atoms with Gasteiger partial charge in [0.2, 0.25) is 0 Å². The van der Waals surface area contributed by atoms with Crippen LogP contribution in [-0.4, -0.2) is 46.8 Å². The molecule has 5 rings (SSSR count). The number of carbonyl (C=O) groups excluding carboxylic acids is 2. The third-order valence-corrected chi connectivity index (χ3v) is 15.2. The second-order valence-electron chi connectivity index (χ2n) is 15.6. The number of para-hydroxylation sites is 3. The molecule has 0 bridgehead atoms. The van der Waals surface area contributed by atoms with Crippen molar-refractivity contribution in [1.82, 2.24) is 0 Å². The number of anilines is 3. The van der Waals surface area contributed by atoms with Gasteiger partial charge in [-0.05, 0) is 0 Å². The van der Waals surface area contributed by atoms with Crippen molar-refractivity contribution in [2.24, 2.45) is 5.92 Å². The predicted molar refractivity (Wildman–Crippen MR) is 221 cm³/mol. The van der Waals surface area contributed by atoms with Crippen LogP contribution in [0.4, 0.5) is 21.9 Å².